The molecule has 2 rings (SSSR count). The predicted molar refractivity (Wildman–Crippen MR) is 133 cm³/mol. The molecule has 0 aliphatic rings. The quantitative estimate of drug-likeness (QED) is 0.606. The molecule has 1 atom stereocenters. The van der Waals surface area contributed by atoms with Crippen molar-refractivity contribution in [2.45, 2.75) is 52.7 Å². The summed E-state index contributed by atoms with van der Waals surface area (Å²) in [5.41, 5.74) is 1.32. The largest absolute Gasteiger partial charge is 0.350 e. The molecule has 0 spiro atoms. The molecule has 180 valence electrons. The molecular weight excluding hydrogens is 462 g/mol. The normalized spacial score (nSPS) is 12.7. The molecule has 0 aliphatic heterocycles. The average molecular weight is 494 g/mol. The number of sulfonamides is 1. The Kier molecular flexibility index (Phi) is 8.54. The van der Waals surface area contributed by atoms with Gasteiger partial charge in [-0.1, -0.05) is 48.0 Å². The summed E-state index contributed by atoms with van der Waals surface area (Å²) in [4.78, 5) is 27.8. The molecule has 2 aromatic rings. The number of anilines is 1. The van der Waals surface area contributed by atoms with Crippen molar-refractivity contribution in [2.24, 2.45) is 0 Å². The first kappa shape index (κ1) is 26.7. The van der Waals surface area contributed by atoms with Crippen molar-refractivity contribution in [3.05, 3.63) is 64.7 Å². The molecule has 2 amide bonds. The van der Waals surface area contributed by atoms with Gasteiger partial charge >= 0.3 is 0 Å². The third kappa shape index (κ3) is 7.75. The summed E-state index contributed by atoms with van der Waals surface area (Å²) in [6, 6.07) is 13.3. The van der Waals surface area contributed by atoms with Gasteiger partial charge in [-0.05, 0) is 57.9 Å². The lowest BCUT2D eigenvalue weighted by atomic mass is 10.1. The Bertz CT molecular complexity index is 1100. The van der Waals surface area contributed by atoms with Crippen molar-refractivity contribution < 1.29 is 18.0 Å². The number of nitrogens with zero attached hydrogens (tertiary/aromatic N) is 2. The fraction of sp³-hybridized carbons (Fsp3) is 0.417. The molecule has 0 radical (unpaired) electrons. The van der Waals surface area contributed by atoms with Crippen LogP contribution in [0, 0.1) is 6.92 Å². The maximum atomic E-state index is 13.5. The summed E-state index contributed by atoms with van der Waals surface area (Å²) >= 11 is 6.10. The molecule has 0 unspecified atom stereocenters. The lowest BCUT2D eigenvalue weighted by molar-refractivity contribution is -0.140. The summed E-state index contributed by atoms with van der Waals surface area (Å²) < 4.78 is 26.3. The highest BCUT2D eigenvalue weighted by atomic mass is 35.5. The van der Waals surface area contributed by atoms with Crippen LogP contribution in [-0.2, 0) is 26.2 Å². The molecule has 0 aliphatic carbocycles. The van der Waals surface area contributed by atoms with Gasteiger partial charge in [0.05, 0.1) is 11.9 Å². The minimum Gasteiger partial charge on any atom is -0.350 e. The van der Waals surface area contributed by atoms with Crippen LogP contribution in [0.15, 0.2) is 48.5 Å². The number of nitrogens with one attached hydrogen (secondary N) is 1. The number of aryl methyl sites for hydroxylation is 1. The molecule has 0 saturated carbocycles. The van der Waals surface area contributed by atoms with Gasteiger partial charge in [-0.15, -0.1) is 0 Å². The van der Waals surface area contributed by atoms with E-state index in [0.717, 1.165) is 16.1 Å². The van der Waals surface area contributed by atoms with E-state index in [1.807, 2.05) is 51.1 Å². The van der Waals surface area contributed by atoms with Gasteiger partial charge in [0, 0.05) is 17.1 Å². The zero-order valence-electron chi connectivity index (χ0n) is 19.9. The topological polar surface area (TPSA) is 86.8 Å². The van der Waals surface area contributed by atoms with Crippen LogP contribution in [0.25, 0.3) is 0 Å². The Morgan fingerprint density at radius 2 is 1.70 bits per heavy atom. The average Bonchev–Trinajstić information content (AvgIpc) is 2.70. The molecule has 7 nitrogen and oxygen atoms in total. The van der Waals surface area contributed by atoms with Crippen LogP contribution in [0.2, 0.25) is 5.02 Å². The van der Waals surface area contributed by atoms with E-state index in [0.29, 0.717) is 16.3 Å². The highest BCUT2D eigenvalue weighted by molar-refractivity contribution is 7.92. The summed E-state index contributed by atoms with van der Waals surface area (Å²) in [5.74, 6) is -0.822. The summed E-state index contributed by atoms with van der Waals surface area (Å²) in [7, 11) is -3.81. The first-order valence-electron chi connectivity index (χ1n) is 10.6. The fourth-order valence-electron chi connectivity index (χ4n) is 3.28. The maximum absolute atomic E-state index is 13.5. The zero-order chi connectivity index (χ0) is 25.0. The van der Waals surface area contributed by atoms with E-state index in [2.05, 4.69) is 5.32 Å². The maximum Gasteiger partial charge on any atom is 0.244 e. The van der Waals surface area contributed by atoms with E-state index >= 15 is 0 Å². The molecule has 0 fully saturated rings. The van der Waals surface area contributed by atoms with Crippen LogP contribution in [0.1, 0.15) is 38.8 Å². The van der Waals surface area contributed by atoms with E-state index in [9.17, 15) is 18.0 Å². The van der Waals surface area contributed by atoms with Crippen molar-refractivity contribution in [1.29, 1.82) is 0 Å². The van der Waals surface area contributed by atoms with Crippen LogP contribution in [0.3, 0.4) is 0 Å². The summed E-state index contributed by atoms with van der Waals surface area (Å²) in [6.45, 7) is 8.65. The number of halogens is 1. The van der Waals surface area contributed by atoms with E-state index in [1.54, 1.807) is 26.0 Å². The zero-order valence-corrected chi connectivity index (χ0v) is 21.5. The molecule has 0 heterocycles. The Morgan fingerprint density at radius 3 is 2.24 bits per heavy atom. The Balaban J connectivity index is 2.42. The number of rotatable bonds is 8. The van der Waals surface area contributed by atoms with E-state index in [1.165, 1.54) is 11.0 Å². The number of carbonyl (C=O) groups is 2. The molecular formula is C24H32ClN3O4S. The van der Waals surface area contributed by atoms with Gasteiger partial charge in [-0.2, -0.15) is 0 Å². The highest BCUT2D eigenvalue weighted by Gasteiger charge is 2.31. The van der Waals surface area contributed by atoms with Gasteiger partial charge in [-0.25, -0.2) is 8.42 Å². The molecule has 33 heavy (non-hydrogen) atoms. The molecule has 0 aromatic heterocycles. The van der Waals surface area contributed by atoms with Gasteiger partial charge < -0.3 is 10.2 Å². The number of amides is 2. The van der Waals surface area contributed by atoms with Gasteiger partial charge in [-0.3, -0.25) is 13.9 Å². The van der Waals surface area contributed by atoms with Crippen LogP contribution in [0.5, 0.6) is 0 Å². The predicted octanol–water partition coefficient (Wildman–Crippen LogP) is 3.75. The Morgan fingerprint density at radius 1 is 1.09 bits per heavy atom. The first-order chi connectivity index (χ1) is 15.2. The van der Waals surface area contributed by atoms with Crippen LogP contribution < -0.4 is 9.62 Å². The van der Waals surface area contributed by atoms with Crippen molar-refractivity contribution in [3.8, 4) is 0 Å². The lowest BCUT2D eigenvalue weighted by Gasteiger charge is -2.33. The second-order valence-corrected chi connectivity index (χ2v) is 11.5. The molecule has 2 aromatic carbocycles. The number of hydrogen-bond donors (Lipinski definition) is 1. The van der Waals surface area contributed by atoms with Crippen molar-refractivity contribution in [1.82, 2.24) is 10.2 Å². The minimum atomic E-state index is -3.81. The minimum absolute atomic E-state index is 0.157. The third-order valence-corrected chi connectivity index (χ3v) is 6.34. The standard InChI is InChI=1S/C24H32ClN3O4S/c1-17-12-13-20(25)14-21(17)28(33(6,31)32)16-22(29)27(15-19-10-8-7-9-11-19)18(2)23(30)26-24(3,4)5/h7-14,18H,15-16H2,1-6H3,(H,26,30)/t18-/m0/s1. The second kappa shape index (κ2) is 10.6. The summed E-state index contributed by atoms with van der Waals surface area (Å²) in [6.07, 6.45) is 1.04. The first-order valence-corrected chi connectivity index (χ1v) is 12.8. The highest BCUT2D eigenvalue weighted by Crippen LogP contribution is 2.26. The molecule has 1 N–H and O–H groups in total. The Labute approximate surface area is 201 Å². The van der Waals surface area contributed by atoms with Crippen molar-refractivity contribution in [2.75, 3.05) is 17.1 Å². The number of carbonyl (C=O) groups excluding carboxylic acids is 2. The molecule has 9 heteroatoms. The van der Waals surface area contributed by atoms with Crippen LogP contribution >= 0.6 is 11.6 Å². The van der Waals surface area contributed by atoms with Crippen molar-refractivity contribution >= 4 is 39.1 Å². The lowest BCUT2D eigenvalue weighted by Crippen LogP contribution is -2.54. The van der Waals surface area contributed by atoms with Gasteiger partial charge in [0.25, 0.3) is 0 Å². The Hall–Kier alpha value is -2.58. The van der Waals surface area contributed by atoms with Gasteiger partial charge in [0.15, 0.2) is 0 Å². The second-order valence-electron chi connectivity index (χ2n) is 9.12. The number of hydrogen-bond acceptors (Lipinski definition) is 4. The monoisotopic (exact) mass is 493 g/mol. The smallest absolute Gasteiger partial charge is 0.244 e. The molecule has 0 bridgehead atoms. The van der Waals surface area contributed by atoms with E-state index < -0.39 is 34.1 Å². The van der Waals surface area contributed by atoms with Crippen LogP contribution in [-0.4, -0.2) is 49.5 Å². The van der Waals surface area contributed by atoms with E-state index in [4.69, 9.17) is 11.6 Å². The van der Waals surface area contributed by atoms with Crippen LogP contribution in [0.4, 0.5) is 5.69 Å². The van der Waals surface area contributed by atoms with Gasteiger partial charge in [0.1, 0.15) is 12.6 Å². The molecule has 0 saturated heterocycles. The van der Waals surface area contributed by atoms with Crippen molar-refractivity contribution in [3.63, 3.8) is 0 Å². The summed E-state index contributed by atoms with van der Waals surface area (Å²) in [5, 5.41) is 3.25. The van der Waals surface area contributed by atoms with E-state index in [-0.39, 0.29) is 12.5 Å². The fourth-order valence-corrected chi connectivity index (χ4v) is 4.35. The third-order valence-electron chi connectivity index (χ3n) is 4.98. The van der Waals surface area contributed by atoms with Gasteiger partial charge in [0.2, 0.25) is 21.8 Å². The SMILES string of the molecule is Cc1ccc(Cl)cc1N(CC(=O)N(Cc1ccccc1)[C@@H](C)C(=O)NC(C)(C)C)S(C)(=O)=O. The number of benzene rings is 2.